The lowest BCUT2D eigenvalue weighted by atomic mass is 9.79. The zero-order valence-electron chi connectivity index (χ0n) is 9.87. The van der Waals surface area contributed by atoms with Gasteiger partial charge in [0.25, 0.3) is 0 Å². The molecule has 1 aromatic heterocycles. The number of carboxylic acid groups (broad SMARTS) is 1. The zero-order chi connectivity index (χ0) is 13.0. The second kappa shape index (κ2) is 5.57. The van der Waals surface area contributed by atoms with E-state index in [2.05, 4.69) is 15.3 Å². The maximum absolute atomic E-state index is 12.0. The summed E-state index contributed by atoms with van der Waals surface area (Å²) in [6, 6.07) is 1.65. The van der Waals surface area contributed by atoms with E-state index >= 15 is 0 Å². The molecule has 96 valence electrons. The third-order valence-electron chi connectivity index (χ3n) is 3.22. The Morgan fingerprint density at radius 2 is 1.78 bits per heavy atom. The van der Waals surface area contributed by atoms with Crippen molar-refractivity contribution < 1.29 is 14.7 Å². The van der Waals surface area contributed by atoms with Crippen molar-refractivity contribution in [1.29, 1.82) is 0 Å². The Morgan fingerprint density at radius 3 is 2.39 bits per heavy atom. The van der Waals surface area contributed by atoms with Crippen LogP contribution in [0.4, 0.5) is 5.95 Å². The molecule has 0 saturated heterocycles. The molecule has 2 atom stereocenters. The van der Waals surface area contributed by atoms with E-state index in [1.165, 1.54) is 12.4 Å². The summed E-state index contributed by atoms with van der Waals surface area (Å²) in [5.74, 6) is -2.06. The molecule has 0 aliphatic heterocycles. The van der Waals surface area contributed by atoms with Gasteiger partial charge in [-0.3, -0.25) is 14.9 Å². The number of aromatic nitrogens is 2. The molecule has 2 rings (SSSR count). The number of amides is 1. The van der Waals surface area contributed by atoms with Gasteiger partial charge in [0.2, 0.25) is 11.9 Å². The Bertz CT molecular complexity index is 435. The molecule has 1 fully saturated rings. The number of hydrogen-bond acceptors (Lipinski definition) is 4. The molecule has 0 aromatic carbocycles. The van der Waals surface area contributed by atoms with Crippen LogP contribution in [0.25, 0.3) is 0 Å². The number of carboxylic acids is 1. The van der Waals surface area contributed by atoms with Crippen LogP contribution in [-0.2, 0) is 9.59 Å². The number of aliphatic carboxylic acids is 1. The highest BCUT2D eigenvalue weighted by Crippen LogP contribution is 2.30. The minimum atomic E-state index is -0.899. The van der Waals surface area contributed by atoms with Crippen LogP contribution in [0.5, 0.6) is 0 Å². The molecule has 2 N–H and O–H groups in total. The summed E-state index contributed by atoms with van der Waals surface area (Å²) in [4.78, 5) is 30.9. The SMILES string of the molecule is O=C(O)[C@H]1CCCC[C@@H]1C(=O)Nc1ncccn1. The Morgan fingerprint density at radius 1 is 1.17 bits per heavy atom. The highest BCUT2D eigenvalue weighted by Gasteiger charge is 2.35. The number of nitrogens with one attached hydrogen (secondary N) is 1. The fraction of sp³-hybridized carbons (Fsp3) is 0.500. The van der Waals surface area contributed by atoms with E-state index in [0.717, 1.165) is 12.8 Å². The van der Waals surface area contributed by atoms with E-state index in [1.807, 2.05) is 0 Å². The van der Waals surface area contributed by atoms with Crippen molar-refractivity contribution >= 4 is 17.8 Å². The molecular formula is C12H15N3O3. The lowest BCUT2D eigenvalue weighted by Gasteiger charge is -2.27. The fourth-order valence-corrected chi connectivity index (χ4v) is 2.31. The van der Waals surface area contributed by atoms with Gasteiger partial charge in [0.1, 0.15) is 0 Å². The summed E-state index contributed by atoms with van der Waals surface area (Å²) in [5, 5.41) is 11.7. The van der Waals surface area contributed by atoms with Crippen LogP contribution < -0.4 is 5.32 Å². The molecule has 0 spiro atoms. The third-order valence-corrected chi connectivity index (χ3v) is 3.22. The number of rotatable bonds is 3. The topological polar surface area (TPSA) is 92.2 Å². The monoisotopic (exact) mass is 249 g/mol. The average molecular weight is 249 g/mol. The van der Waals surface area contributed by atoms with Gasteiger partial charge in [0.05, 0.1) is 11.8 Å². The predicted octanol–water partition coefficient (Wildman–Crippen LogP) is 1.31. The summed E-state index contributed by atoms with van der Waals surface area (Å²) in [6.07, 6.45) is 5.97. The van der Waals surface area contributed by atoms with E-state index in [9.17, 15) is 9.59 Å². The summed E-state index contributed by atoms with van der Waals surface area (Å²) in [5.41, 5.74) is 0. The Hall–Kier alpha value is -1.98. The van der Waals surface area contributed by atoms with Crippen LogP contribution in [0, 0.1) is 11.8 Å². The summed E-state index contributed by atoms with van der Waals surface area (Å²) in [7, 11) is 0. The molecule has 0 bridgehead atoms. The van der Waals surface area contributed by atoms with Gasteiger partial charge >= 0.3 is 5.97 Å². The van der Waals surface area contributed by atoms with Crippen molar-refractivity contribution in [3.8, 4) is 0 Å². The normalized spacial score (nSPS) is 23.3. The van der Waals surface area contributed by atoms with Crippen LogP contribution in [0.1, 0.15) is 25.7 Å². The van der Waals surface area contributed by atoms with E-state index < -0.39 is 17.8 Å². The van der Waals surface area contributed by atoms with Gasteiger partial charge in [-0.05, 0) is 18.9 Å². The first-order valence-corrected chi connectivity index (χ1v) is 5.99. The van der Waals surface area contributed by atoms with Crippen LogP contribution in [0.15, 0.2) is 18.5 Å². The van der Waals surface area contributed by atoms with E-state index in [1.54, 1.807) is 6.07 Å². The number of carbonyl (C=O) groups is 2. The molecule has 0 radical (unpaired) electrons. The molecule has 6 heteroatoms. The summed E-state index contributed by atoms with van der Waals surface area (Å²) < 4.78 is 0. The first-order chi connectivity index (χ1) is 8.68. The summed E-state index contributed by atoms with van der Waals surface area (Å²) in [6.45, 7) is 0. The first-order valence-electron chi connectivity index (χ1n) is 5.99. The number of anilines is 1. The summed E-state index contributed by atoms with van der Waals surface area (Å²) >= 11 is 0. The maximum atomic E-state index is 12.0. The quantitative estimate of drug-likeness (QED) is 0.842. The van der Waals surface area contributed by atoms with Gasteiger partial charge < -0.3 is 5.11 Å². The minimum Gasteiger partial charge on any atom is -0.481 e. The van der Waals surface area contributed by atoms with Gasteiger partial charge in [-0.15, -0.1) is 0 Å². The Labute approximate surface area is 104 Å². The van der Waals surface area contributed by atoms with Crippen molar-refractivity contribution in [3.05, 3.63) is 18.5 Å². The fourth-order valence-electron chi connectivity index (χ4n) is 2.31. The Balaban J connectivity index is 2.05. The van der Waals surface area contributed by atoms with Crippen LogP contribution in [0.3, 0.4) is 0 Å². The molecule has 1 aliphatic rings. The number of carbonyl (C=O) groups excluding carboxylic acids is 1. The van der Waals surface area contributed by atoms with Crippen molar-refractivity contribution in [2.75, 3.05) is 5.32 Å². The molecule has 6 nitrogen and oxygen atoms in total. The second-order valence-electron chi connectivity index (χ2n) is 4.40. The van der Waals surface area contributed by atoms with Gasteiger partial charge in [-0.25, -0.2) is 9.97 Å². The third kappa shape index (κ3) is 2.82. The molecular weight excluding hydrogens is 234 g/mol. The van der Waals surface area contributed by atoms with Gasteiger partial charge in [0, 0.05) is 12.4 Å². The maximum Gasteiger partial charge on any atom is 0.307 e. The highest BCUT2D eigenvalue weighted by atomic mass is 16.4. The molecule has 1 heterocycles. The predicted molar refractivity (Wildman–Crippen MR) is 63.7 cm³/mol. The van der Waals surface area contributed by atoms with Gasteiger partial charge in [0.15, 0.2) is 0 Å². The lowest BCUT2D eigenvalue weighted by Crippen LogP contribution is -2.36. The van der Waals surface area contributed by atoms with Gasteiger partial charge in [-0.1, -0.05) is 12.8 Å². The van der Waals surface area contributed by atoms with E-state index in [-0.39, 0.29) is 11.9 Å². The Kier molecular flexibility index (Phi) is 3.86. The van der Waals surface area contributed by atoms with Crippen molar-refractivity contribution in [1.82, 2.24) is 9.97 Å². The zero-order valence-corrected chi connectivity index (χ0v) is 9.87. The van der Waals surface area contributed by atoms with E-state index in [4.69, 9.17) is 5.11 Å². The standard InChI is InChI=1S/C12H15N3O3/c16-10(15-12-13-6-3-7-14-12)8-4-1-2-5-9(8)11(17)18/h3,6-9H,1-2,4-5H2,(H,17,18)(H,13,14,15,16)/t8-,9-/m0/s1. The van der Waals surface area contributed by atoms with E-state index in [0.29, 0.717) is 12.8 Å². The molecule has 1 aromatic rings. The number of nitrogens with zero attached hydrogens (tertiary/aromatic N) is 2. The largest absolute Gasteiger partial charge is 0.481 e. The van der Waals surface area contributed by atoms with Gasteiger partial charge in [-0.2, -0.15) is 0 Å². The first kappa shape index (κ1) is 12.5. The number of hydrogen-bond donors (Lipinski definition) is 2. The smallest absolute Gasteiger partial charge is 0.307 e. The highest BCUT2D eigenvalue weighted by molar-refractivity contribution is 5.93. The van der Waals surface area contributed by atoms with Crippen molar-refractivity contribution in [2.24, 2.45) is 11.8 Å². The second-order valence-corrected chi connectivity index (χ2v) is 4.40. The van der Waals surface area contributed by atoms with Crippen LogP contribution in [-0.4, -0.2) is 27.0 Å². The van der Waals surface area contributed by atoms with Crippen LogP contribution >= 0.6 is 0 Å². The molecule has 0 unspecified atom stereocenters. The average Bonchev–Trinajstić information content (AvgIpc) is 2.40. The molecule has 1 aliphatic carbocycles. The molecule has 1 saturated carbocycles. The minimum absolute atomic E-state index is 0.220. The molecule has 18 heavy (non-hydrogen) atoms. The van der Waals surface area contributed by atoms with Crippen LogP contribution in [0.2, 0.25) is 0 Å². The van der Waals surface area contributed by atoms with Crippen molar-refractivity contribution in [3.63, 3.8) is 0 Å². The lowest BCUT2D eigenvalue weighted by molar-refractivity contribution is -0.147. The van der Waals surface area contributed by atoms with Crippen molar-refractivity contribution in [2.45, 2.75) is 25.7 Å². The molecule has 1 amide bonds.